The second-order valence-corrected chi connectivity index (χ2v) is 4.45. The Morgan fingerprint density at radius 1 is 1.31 bits per heavy atom. The van der Waals surface area contributed by atoms with E-state index < -0.39 is 0 Å². The second kappa shape index (κ2) is 4.47. The molecule has 2 unspecified atom stereocenters. The quantitative estimate of drug-likeness (QED) is 0.669. The molecule has 0 fully saturated rings. The first-order chi connectivity index (χ1) is 7.65. The van der Waals surface area contributed by atoms with Crippen molar-refractivity contribution in [1.29, 1.82) is 0 Å². The summed E-state index contributed by atoms with van der Waals surface area (Å²) in [5.74, 6) is 1.25. The molecule has 2 atom stereocenters. The van der Waals surface area contributed by atoms with E-state index in [0.717, 1.165) is 25.0 Å². The normalized spacial score (nSPS) is 29.4. The predicted molar refractivity (Wildman–Crippen MR) is 63.7 cm³/mol. The molecule has 86 valence electrons. The number of allylic oxidation sites excluding steroid dienone is 7. The summed E-state index contributed by atoms with van der Waals surface area (Å²) < 4.78 is 0. The van der Waals surface area contributed by atoms with Crippen molar-refractivity contribution in [3.8, 4) is 0 Å². The third-order valence-corrected chi connectivity index (χ3v) is 3.12. The number of aliphatic hydroxyl groups excluding tert-OH is 2. The van der Waals surface area contributed by atoms with Crippen molar-refractivity contribution in [1.82, 2.24) is 0 Å². The smallest absolute Gasteiger partial charge is 0.111 e. The minimum absolute atomic E-state index is 0.119. The summed E-state index contributed by atoms with van der Waals surface area (Å²) in [6.45, 7) is 0. The van der Waals surface area contributed by atoms with Crippen molar-refractivity contribution in [2.75, 3.05) is 0 Å². The summed E-state index contributed by atoms with van der Waals surface area (Å²) in [6, 6.07) is 0. The molecule has 2 aliphatic rings. The number of nitrogens with two attached hydrogens (primary N) is 1. The SMILES string of the molecule is NC1=CC=C(O)C(CC2C=CC(O)=CC2)C1. The molecule has 3 nitrogen and oxygen atoms in total. The highest BCUT2D eigenvalue weighted by molar-refractivity contribution is 5.22. The monoisotopic (exact) mass is 219 g/mol. The average molecular weight is 219 g/mol. The van der Waals surface area contributed by atoms with Crippen LogP contribution in [0, 0.1) is 11.8 Å². The molecule has 2 aliphatic carbocycles. The zero-order valence-corrected chi connectivity index (χ0v) is 9.13. The lowest BCUT2D eigenvalue weighted by Crippen LogP contribution is -2.16. The lowest BCUT2D eigenvalue weighted by atomic mass is 9.84. The average Bonchev–Trinajstić information content (AvgIpc) is 2.27. The third-order valence-electron chi connectivity index (χ3n) is 3.12. The molecule has 4 N–H and O–H groups in total. The van der Waals surface area contributed by atoms with Gasteiger partial charge in [0, 0.05) is 11.6 Å². The van der Waals surface area contributed by atoms with E-state index in [0.29, 0.717) is 17.4 Å². The molecule has 0 spiro atoms. The first kappa shape index (κ1) is 10.9. The van der Waals surface area contributed by atoms with E-state index in [2.05, 4.69) is 0 Å². The molecule has 16 heavy (non-hydrogen) atoms. The van der Waals surface area contributed by atoms with Gasteiger partial charge in [-0.25, -0.2) is 0 Å². The molecule has 0 bridgehead atoms. The maximum atomic E-state index is 9.74. The number of rotatable bonds is 2. The van der Waals surface area contributed by atoms with Crippen molar-refractivity contribution in [3.63, 3.8) is 0 Å². The van der Waals surface area contributed by atoms with Crippen LogP contribution in [0.2, 0.25) is 0 Å². The van der Waals surface area contributed by atoms with E-state index in [9.17, 15) is 10.2 Å². The van der Waals surface area contributed by atoms with Crippen molar-refractivity contribution in [2.24, 2.45) is 17.6 Å². The predicted octanol–water partition coefficient (Wildman–Crippen LogP) is 2.70. The zero-order valence-electron chi connectivity index (χ0n) is 9.13. The van der Waals surface area contributed by atoms with Crippen LogP contribution in [0.1, 0.15) is 19.3 Å². The molecule has 0 aromatic heterocycles. The van der Waals surface area contributed by atoms with E-state index in [-0.39, 0.29) is 5.92 Å². The van der Waals surface area contributed by atoms with Crippen LogP contribution in [-0.2, 0) is 0 Å². The minimum atomic E-state index is 0.119. The Balaban J connectivity index is 1.94. The lowest BCUT2D eigenvalue weighted by molar-refractivity contribution is 0.294. The molecule has 0 saturated carbocycles. The van der Waals surface area contributed by atoms with E-state index in [4.69, 9.17) is 5.73 Å². The Morgan fingerprint density at radius 3 is 2.81 bits per heavy atom. The van der Waals surface area contributed by atoms with Crippen LogP contribution in [0.5, 0.6) is 0 Å². The standard InChI is InChI=1S/C13H17NO2/c14-11-3-6-13(16)10(8-11)7-9-1-4-12(15)5-2-9/h1,3-6,9-10,15-16H,2,7-8,14H2. The fourth-order valence-electron chi connectivity index (χ4n) is 2.18. The van der Waals surface area contributed by atoms with E-state index in [1.54, 1.807) is 18.2 Å². The molecule has 0 amide bonds. The van der Waals surface area contributed by atoms with Crippen molar-refractivity contribution in [2.45, 2.75) is 19.3 Å². The molecular formula is C13H17NO2. The highest BCUT2D eigenvalue weighted by atomic mass is 16.3. The van der Waals surface area contributed by atoms with Gasteiger partial charge >= 0.3 is 0 Å². The minimum Gasteiger partial charge on any atom is -0.512 e. The molecule has 0 aliphatic heterocycles. The summed E-state index contributed by atoms with van der Waals surface area (Å²) in [5.41, 5.74) is 6.57. The number of hydrogen-bond acceptors (Lipinski definition) is 3. The van der Waals surface area contributed by atoms with Crippen LogP contribution >= 0.6 is 0 Å². The van der Waals surface area contributed by atoms with Crippen LogP contribution in [0.25, 0.3) is 0 Å². The van der Waals surface area contributed by atoms with E-state index in [1.165, 1.54) is 0 Å². The molecule has 0 heterocycles. The Hall–Kier alpha value is -1.64. The number of aliphatic hydroxyl groups is 2. The molecule has 0 aromatic rings. The molecule has 3 heteroatoms. The van der Waals surface area contributed by atoms with Crippen LogP contribution in [0.3, 0.4) is 0 Å². The van der Waals surface area contributed by atoms with Crippen molar-refractivity contribution >= 4 is 0 Å². The summed E-state index contributed by atoms with van der Waals surface area (Å²) >= 11 is 0. The lowest BCUT2D eigenvalue weighted by Gasteiger charge is -2.24. The summed E-state index contributed by atoms with van der Waals surface area (Å²) in [5, 5.41) is 19.0. The van der Waals surface area contributed by atoms with Crippen LogP contribution in [0.15, 0.2) is 47.6 Å². The largest absolute Gasteiger partial charge is 0.512 e. The highest BCUT2D eigenvalue weighted by Crippen LogP contribution is 2.31. The Bertz CT molecular complexity index is 391. The van der Waals surface area contributed by atoms with Gasteiger partial charge in [-0.2, -0.15) is 0 Å². The number of hydrogen-bond donors (Lipinski definition) is 3. The van der Waals surface area contributed by atoms with Gasteiger partial charge in [0.25, 0.3) is 0 Å². The van der Waals surface area contributed by atoms with Crippen molar-refractivity contribution < 1.29 is 10.2 Å². The van der Waals surface area contributed by atoms with Crippen molar-refractivity contribution in [3.05, 3.63) is 47.6 Å². The van der Waals surface area contributed by atoms with Gasteiger partial charge in [-0.05, 0) is 49.5 Å². The summed E-state index contributed by atoms with van der Waals surface area (Å²) in [6.07, 6.45) is 11.4. The maximum absolute atomic E-state index is 9.74. The van der Waals surface area contributed by atoms with Gasteiger partial charge in [0.05, 0.1) is 5.76 Å². The third kappa shape index (κ3) is 2.48. The Labute approximate surface area is 95.3 Å². The summed E-state index contributed by atoms with van der Waals surface area (Å²) in [4.78, 5) is 0. The van der Waals surface area contributed by atoms with Gasteiger partial charge in [-0.1, -0.05) is 6.08 Å². The van der Waals surface area contributed by atoms with Gasteiger partial charge in [-0.3, -0.25) is 0 Å². The Kier molecular flexibility index (Phi) is 3.04. The Morgan fingerprint density at radius 2 is 2.12 bits per heavy atom. The van der Waals surface area contributed by atoms with Gasteiger partial charge in [0.15, 0.2) is 0 Å². The fraction of sp³-hybridized carbons (Fsp3) is 0.385. The van der Waals surface area contributed by atoms with Gasteiger partial charge in [-0.15, -0.1) is 0 Å². The maximum Gasteiger partial charge on any atom is 0.111 e. The zero-order chi connectivity index (χ0) is 11.5. The second-order valence-electron chi connectivity index (χ2n) is 4.45. The van der Waals surface area contributed by atoms with Gasteiger partial charge in [0.2, 0.25) is 0 Å². The first-order valence-corrected chi connectivity index (χ1v) is 5.57. The highest BCUT2D eigenvalue weighted by Gasteiger charge is 2.21. The molecular weight excluding hydrogens is 202 g/mol. The molecule has 0 radical (unpaired) electrons. The molecule has 2 rings (SSSR count). The van der Waals surface area contributed by atoms with E-state index >= 15 is 0 Å². The van der Waals surface area contributed by atoms with Gasteiger partial charge < -0.3 is 15.9 Å². The summed E-state index contributed by atoms with van der Waals surface area (Å²) in [7, 11) is 0. The first-order valence-electron chi connectivity index (χ1n) is 5.57. The van der Waals surface area contributed by atoms with Crippen LogP contribution < -0.4 is 5.73 Å². The topological polar surface area (TPSA) is 66.5 Å². The fourth-order valence-corrected chi connectivity index (χ4v) is 2.18. The van der Waals surface area contributed by atoms with Crippen LogP contribution in [0.4, 0.5) is 0 Å². The van der Waals surface area contributed by atoms with Crippen LogP contribution in [-0.4, -0.2) is 10.2 Å². The van der Waals surface area contributed by atoms with E-state index in [1.807, 2.05) is 12.2 Å². The van der Waals surface area contributed by atoms with Gasteiger partial charge in [0.1, 0.15) is 5.76 Å². The molecule has 0 aromatic carbocycles. The molecule has 0 saturated heterocycles.